The number of carbonyl (C=O) groups is 1. The summed E-state index contributed by atoms with van der Waals surface area (Å²) in [5, 5.41) is 19.0. The van der Waals surface area contributed by atoms with E-state index in [-0.39, 0.29) is 19.1 Å². The lowest BCUT2D eigenvalue weighted by atomic mass is 10.2. The van der Waals surface area contributed by atoms with E-state index >= 15 is 0 Å². The third-order valence-electron chi connectivity index (χ3n) is 5.00. The minimum atomic E-state index is -0.142. The molecule has 0 radical (unpaired) electrons. The molecule has 4 heterocycles. The minimum absolute atomic E-state index is 0.142. The van der Waals surface area contributed by atoms with Crippen molar-refractivity contribution in [3.8, 4) is 11.5 Å². The van der Waals surface area contributed by atoms with E-state index < -0.39 is 0 Å². The third kappa shape index (κ3) is 4.29. The van der Waals surface area contributed by atoms with Crippen LogP contribution in [0, 0.1) is 6.92 Å². The first-order chi connectivity index (χ1) is 15.6. The van der Waals surface area contributed by atoms with Crippen LogP contribution in [0.5, 0.6) is 11.5 Å². The van der Waals surface area contributed by atoms with Gasteiger partial charge in [-0.25, -0.2) is 4.98 Å². The Bertz CT molecular complexity index is 1290. The van der Waals surface area contributed by atoms with Gasteiger partial charge in [-0.3, -0.25) is 4.79 Å². The average Bonchev–Trinajstić information content (AvgIpc) is 3.42. The summed E-state index contributed by atoms with van der Waals surface area (Å²) in [4.78, 5) is 16.5. The summed E-state index contributed by atoms with van der Waals surface area (Å²) in [5.74, 6) is 3.17. The van der Waals surface area contributed by atoms with Gasteiger partial charge in [-0.15, -0.1) is 15.3 Å². The molecule has 3 aromatic heterocycles. The summed E-state index contributed by atoms with van der Waals surface area (Å²) in [7, 11) is 0. The number of hydrogen-bond donors (Lipinski definition) is 2. The van der Waals surface area contributed by atoms with Gasteiger partial charge in [0.1, 0.15) is 11.6 Å². The SMILES string of the molecule is Cc1ccnc(NC(=O)CCc2nnc3ccc(NCc4ccc5c(c4)OCO5)nn23)c1. The van der Waals surface area contributed by atoms with Crippen LogP contribution in [-0.2, 0) is 17.8 Å². The van der Waals surface area contributed by atoms with Crippen LogP contribution in [-0.4, -0.2) is 37.5 Å². The predicted octanol–water partition coefficient (Wildman–Crippen LogP) is 2.74. The highest BCUT2D eigenvalue weighted by Crippen LogP contribution is 2.32. The van der Waals surface area contributed by atoms with Crippen LogP contribution >= 0.6 is 0 Å². The number of anilines is 2. The van der Waals surface area contributed by atoms with Gasteiger partial charge in [0, 0.05) is 25.6 Å². The summed E-state index contributed by atoms with van der Waals surface area (Å²) in [6, 6.07) is 13.2. The Balaban J connectivity index is 1.23. The van der Waals surface area contributed by atoms with E-state index in [9.17, 15) is 4.79 Å². The molecule has 2 N–H and O–H groups in total. The molecule has 0 saturated heterocycles. The van der Waals surface area contributed by atoms with E-state index in [1.807, 2.05) is 49.4 Å². The van der Waals surface area contributed by atoms with E-state index in [4.69, 9.17) is 9.47 Å². The Morgan fingerprint density at radius 1 is 1.06 bits per heavy atom. The molecular formula is C22H21N7O3. The van der Waals surface area contributed by atoms with Crippen molar-refractivity contribution in [2.24, 2.45) is 0 Å². The van der Waals surface area contributed by atoms with E-state index in [2.05, 4.69) is 30.9 Å². The first kappa shape index (κ1) is 19.7. The van der Waals surface area contributed by atoms with Gasteiger partial charge in [-0.1, -0.05) is 6.07 Å². The maximum Gasteiger partial charge on any atom is 0.231 e. The molecule has 1 aromatic carbocycles. The molecule has 162 valence electrons. The van der Waals surface area contributed by atoms with E-state index in [1.165, 1.54) is 0 Å². The van der Waals surface area contributed by atoms with Gasteiger partial charge in [0.2, 0.25) is 12.7 Å². The minimum Gasteiger partial charge on any atom is -0.454 e. The van der Waals surface area contributed by atoms with Crippen LogP contribution in [0.15, 0.2) is 48.7 Å². The number of hydrogen-bond acceptors (Lipinski definition) is 8. The maximum atomic E-state index is 12.3. The Labute approximate surface area is 183 Å². The van der Waals surface area contributed by atoms with Gasteiger partial charge in [0.05, 0.1) is 0 Å². The lowest BCUT2D eigenvalue weighted by Gasteiger charge is -2.07. The second kappa shape index (κ2) is 8.50. The summed E-state index contributed by atoms with van der Waals surface area (Å²) < 4.78 is 12.4. The van der Waals surface area contributed by atoms with Crippen LogP contribution in [0.4, 0.5) is 11.6 Å². The number of aromatic nitrogens is 5. The summed E-state index contributed by atoms with van der Waals surface area (Å²) >= 11 is 0. The molecule has 32 heavy (non-hydrogen) atoms. The highest BCUT2D eigenvalue weighted by Gasteiger charge is 2.14. The quantitative estimate of drug-likeness (QED) is 0.459. The fraction of sp³-hybridized carbons (Fsp3) is 0.227. The van der Waals surface area contributed by atoms with Crippen LogP contribution < -0.4 is 20.1 Å². The molecule has 1 aliphatic heterocycles. The second-order valence-electron chi connectivity index (χ2n) is 7.41. The largest absolute Gasteiger partial charge is 0.454 e. The Hall–Kier alpha value is -4.21. The number of pyridine rings is 1. The Kier molecular flexibility index (Phi) is 5.24. The molecule has 0 bridgehead atoms. The van der Waals surface area contributed by atoms with Gasteiger partial charge < -0.3 is 20.1 Å². The van der Waals surface area contributed by atoms with Crippen molar-refractivity contribution in [1.29, 1.82) is 0 Å². The van der Waals surface area contributed by atoms with E-state index in [0.29, 0.717) is 36.1 Å². The van der Waals surface area contributed by atoms with Crippen molar-refractivity contribution in [3.05, 3.63) is 65.6 Å². The molecule has 0 saturated carbocycles. The first-order valence-corrected chi connectivity index (χ1v) is 10.2. The van der Waals surface area contributed by atoms with Gasteiger partial charge >= 0.3 is 0 Å². The molecule has 1 aliphatic rings. The van der Waals surface area contributed by atoms with Crippen molar-refractivity contribution >= 4 is 23.2 Å². The highest BCUT2D eigenvalue weighted by molar-refractivity contribution is 5.89. The summed E-state index contributed by atoms with van der Waals surface area (Å²) in [5.41, 5.74) is 2.69. The topological polar surface area (TPSA) is 116 Å². The number of rotatable bonds is 7. The number of amides is 1. The summed E-state index contributed by atoms with van der Waals surface area (Å²) in [6.07, 6.45) is 2.31. The molecular weight excluding hydrogens is 410 g/mol. The molecule has 10 nitrogen and oxygen atoms in total. The van der Waals surface area contributed by atoms with E-state index in [1.54, 1.807) is 10.7 Å². The van der Waals surface area contributed by atoms with Gasteiger partial charge in [-0.05, 0) is 54.4 Å². The number of aryl methyl sites for hydroxylation is 2. The van der Waals surface area contributed by atoms with Crippen molar-refractivity contribution in [2.45, 2.75) is 26.3 Å². The zero-order valence-corrected chi connectivity index (χ0v) is 17.4. The number of benzene rings is 1. The monoisotopic (exact) mass is 431 g/mol. The number of fused-ring (bicyclic) bond motifs is 2. The number of carbonyl (C=O) groups excluding carboxylic acids is 1. The van der Waals surface area contributed by atoms with Crippen LogP contribution in [0.2, 0.25) is 0 Å². The van der Waals surface area contributed by atoms with Crippen molar-refractivity contribution in [3.63, 3.8) is 0 Å². The zero-order valence-electron chi connectivity index (χ0n) is 17.4. The first-order valence-electron chi connectivity index (χ1n) is 10.2. The van der Waals surface area contributed by atoms with Gasteiger partial charge in [0.15, 0.2) is 23.0 Å². The molecule has 0 fully saturated rings. The molecule has 10 heteroatoms. The molecule has 0 aliphatic carbocycles. The van der Waals surface area contributed by atoms with Crippen molar-refractivity contribution in [2.75, 3.05) is 17.4 Å². The van der Waals surface area contributed by atoms with Crippen LogP contribution in [0.25, 0.3) is 5.65 Å². The standard InChI is InChI=1S/C22H21N7O3/c1-14-8-9-23-19(10-14)25-22(30)7-6-21-27-26-20-5-4-18(28-29(20)21)24-12-15-2-3-16-17(11-15)32-13-31-16/h2-5,8-11H,6-7,12-13H2,1H3,(H,24,28)(H,23,25,30). The van der Waals surface area contributed by atoms with E-state index in [0.717, 1.165) is 22.6 Å². The van der Waals surface area contributed by atoms with Gasteiger partial charge in [-0.2, -0.15) is 4.52 Å². The Morgan fingerprint density at radius 3 is 2.88 bits per heavy atom. The van der Waals surface area contributed by atoms with Crippen LogP contribution in [0.3, 0.4) is 0 Å². The molecule has 0 unspecified atom stereocenters. The lowest BCUT2D eigenvalue weighted by Crippen LogP contribution is -2.14. The fourth-order valence-corrected chi connectivity index (χ4v) is 3.36. The summed E-state index contributed by atoms with van der Waals surface area (Å²) in [6.45, 7) is 2.77. The second-order valence-corrected chi connectivity index (χ2v) is 7.41. The molecule has 4 aromatic rings. The van der Waals surface area contributed by atoms with Crippen molar-refractivity contribution in [1.82, 2.24) is 24.8 Å². The molecule has 1 amide bonds. The molecule has 0 spiro atoms. The number of nitrogens with one attached hydrogen (secondary N) is 2. The smallest absolute Gasteiger partial charge is 0.231 e. The van der Waals surface area contributed by atoms with Crippen molar-refractivity contribution < 1.29 is 14.3 Å². The fourth-order valence-electron chi connectivity index (χ4n) is 3.36. The number of nitrogens with zero attached hydrogens (tertiary/aromatic N) is 5. The normalized spacial score (nSPS) is 12.2. The highest BCUT2D eigenvalue weighted by atomic mass is 16.7. The van der Waals surface area contributed by atoms with Gasteiger partial charge in [0.25, 0.3) is 0 Å². The van der Waals surface area contributed by atoms with Crippen LogP contribution in [0.1, 0.15) is 23.4 Å². The predicted molar refractivity (Wildman–Crippen MR) is 117 cm³/mol. The molecule has 5 rings (SSSR count). The zero-order chi connectivity index (χ0) is 21.9. The third-order valence-corrected chi connectivity index (χ3v) is 5.00. The Morgan fingerprint density at radius 2 is 1.97 bits per heavy atom. The lowest BCUT2D eigenvalue weighted by molar-refractivity contribution is -0.116. The number of ether oxygens (including phenoxy) is 2. The maximum absolute atomic E-state index is 12.3. The molecule has 0 atom stereocenters. The average molecular weight is 431 g/mol.